The second kappa shape index (κ2) is 7.59. The van der Waals surface area contributed by atoms with E-state index in [0.717, 1.165) is 16.5 Å². The molecule has 3 N–H and O–H groups in total. The zero-order chi connectivity index (χ0) is 17.8. The Morgan fingerprint density at radius 1 is 0.960 bits per heavy atom. The highest BCUT2D eigenvalue weighted by molar-refractivity contribution is 6.44. The summed E-state index contributed by atoms with van der Waals surface area (Å²) in [5.41, 5.74) is 2.34. The average molecular weight is 376 g/mol. The fourth-order valence-corrected chi connectivity index (χ4v) is 3.01. The summed E-state index contributed by atoms with van der Waals surface area (Å²) in [6.45, 7) is 0.338. The molecule has 25 heavy (non-hydrogen) atoms. The van der Waals surface area contributed by atoms with Gasteiger partial charge in [0.15, 0.2) is 0 Å². The van der Waals surface area contributed by atoms with Crippen LogP contribution >= 0.6 is 23.2 Å². The first-order valence-corrected chi connectivity index (χ1v) is 8.40. The van der Waals surface area contributed by atoms with Gasteiger partial charge in [-0.2, -0.15) is 0 Å². The van der Waals surface area contributed by atoms with E-state index in [1.165, 1.54) is 0 Å². The van der Waals surface area contributed by atoms with Crippen LogP contribution in [0.1, 0.15) is 5.56 Å². The molecule has 0 aliphatic heterocycles. The SMILES string of the molecule is O=C(NCCc1c[nH]c2ccccc12)C(=O)Nc1c(Cl)cccc1Cl. The van der Waals surface area contributed by atoms with Crippen LogP contribution in [-0.2, 0) is 16.0 Å². The Bertz CT molecular complexity index is 917. The molecule has 0 atom stereocenters. The van der Waals surface area contributed by atoms with Gasteiger partial charge in [-0.25, -0.2) is 0 Å². The van der Waals surface area contributed by atoms with Crippen molar-refractivity contribution in [2.45, 2.75) is 6.42 Å². The van der Waals surface area contributed by atoms with Crippen molar-refractivity contribution < 1.29 is 9.59 Å². The van der Waals surface area contributed by atoms with Gasteiger partial charge in [-0.3, -0.25) is 9.59 Å². The number of para-hydroxylation sites is 2. The second-order valence-corrected chi connectivity index (χ2v) is 6.23. The maximum absolute atomic E-state index is 12.0. The number of rotatable bonds is 4. The van der Waals surface area contributed by atoms with E-state index >= 15 is 0 Å². The highest BCUT2D eigenvalue weighted by Gasteiger charge is 2.16. The van der Waals surface area contributed by atoms with Crippen molar-refractivity contribution >= 4 is 51.6 Å². The van der Waals surface area contributed by atoms with Gasteiger partial charge in [0, 0.05) is 23.6 Å². The van der Waals surface area contributed by atoms with Gasteiger partial charge in [-0.05, 0) is 30.2 Å². The van der Waals surface area contributed by atoms with Crippen LogP contribution in [0, 0.1) is 0 Å². The van der Waals surface area contributed by atoms with Gasteiger partial charge < -0.3 is 15.6 Å². The van der Waals surface area contributed by atoms with Crippen LogP contribution in [0.25, 0.3) is 10.9 Å². The molecule has 7 heteroatoms. The number of anilines is 1. The van der Waals surface area contributed by atoms with E-state index in [1.807, 2.05) is 30.5 Å². The molecule has 0 unspecified atom stereocenters. The van der Waals surface area contributed by atoms with E-state index in [4.69, 9.17) is 23.2 Å². The molecule has 0 bridgehead atoms. The number of benzene rings is 2. The maximum atomic E-state index is 12.0. The van der Waals surface area contributed by atoms with E-state index in [-0.39, 0.29) is 15.7 Å². The number of H-pyrrole nitrogens is 1. The molecule has 2 aromatic carbocycles. The van der Waals surface area contributed by atoms with Crippen LogP contribution in [0.3, 0.4) is 0 Å². The summed E-state index contributed by atoms with van der Waals surface area (Å²) < 4.78 is 0. The molecule has 3 aromatic rings. The van der Waals surface area contributed by atoms with Gasteiger partial charge >= 0.3 is 11.8 Å². The average Bonchev–Trinajstić information content (AvgIpc) is 3.01. The number of nitrogens with one attached hydrogen (secondary N) is 3. The summed E-state index contributed by atoms with van der Waals surface area (Å²) >= 11 is 11.9. The lowest BCUT2D eigenvalue weighted by molar-refractivity contribution is -0.136. The summed E-state index contributed by atoms with van der Waals surface area (Å²) in [4.78, 5) is 27.1. The maximum Gasteiger partial charge on any atom is 0.313 e. The van der Waals surface area contributed by atoms with Gasteiger partial charge in [0.05, 0.1) is 15.7 Å². The first-order valence-electron chi connectivity index (χ1n) is 7.64. The standard InChI is InChI=1S/C18H15Cl2N3O2/c19-13-5-3-6-14(20)16(13)23-18(25)17(24)21-9-8-11-10-22-15-7-2-1-4-12(11)15/h1-7,10,22H,8-9H2,(H,21,24)(H,23,25). The van der Waals surface area contributed by atoms with E-state index in [1.54, 1.807) is 18.2 Å². The number of halogens is 2. The third-order valence-corrected chi connectivity index (χ3v) is 4.39. The van der Waals surface area contributed by atoms with E-state index in [9.17, 15) is 9.59 Å². The monoisotopic (exact) mass is 375 g/mol. The third-order valence-electron chi connectivity index (χ3n) is 3.76. The first-order chi connectivity index (χ1) is 12.1. The molecule has 0 spiro atoms. The Hall–Kier alpha value is -2.50. The predicted molar refractivity (Wildman–Crippen MR) is 100 cm³/mol. The Kier molecular flexibility index (Phi) is 5.26. The minimum Gasteiger partial charge on any atom is -0.361 e. The Labute approximate surface area is 154 Å². The van der Waals surface area contributed by atoms with Crippen LogP contribution in [-0.4, -0.2) is 23.3 Å². The summed E-state index contributed by atoms with van der Waals surface area (Å²) in [5, 5.41) is 6.67. The quantitative estimate of drug-likeness (QED) is 0.607. The number of hydrogen-bond acceptors (Lipinski definition) is 2. The Balaban J connectivity index is 1.56. The van der Waals surface area contributed by atoms with Gasteiger partial charge in [0.2, 0.25) is 0 Å². The van der Waals surface area contributed by atoms with Crippen molar-refractivity contribution in [3.8, 4) is 0 Å². The van der Waals surface area contributed by atoms with Crippen LogP contribution in [0.2, 0.25) is 10.0 Å². The molecular formula is C18H15Cl2N3O2. The van der Waals surface area contributed by atoms with Gasteiger partial charge in [-0.15, -0.1) is 0 Å². The minimum absolute atomic E-state index is 0.225. The number of amides is 2. The van der Waals surface area contributed by atoms with Crippen molar-refractivity contribution in [2.24, 2.45) is 0 Å². The molecule has 0 radical (unpaired) electrons. The Morgan fingerprint density at radius 3 is 2.44 bits per heavy atom. The van der Waals surface area contributed by atoms with Crippen molar-refractivity contribution in [3.05, 3.63) is 64.3 Å². The molecule has 1 heterocycles. The smallest absolute Gasteiger partial charge is 0.313 e. The lowest BCUT2D eigenvalue weighted by atomic mass is 10.1. The molecule has 0 saturated heterocycles. The molecule has 128 valence electrons. The highest BCUT2D eigenvalue weighted by Crippen LogP contribution is 2.29. The van der Waals surface area contributed by atoms with Gasteiger partial charge in [0.25, 0.3) is 0 Å². The number of aromatic amines is 1. The second-order valence-electron chi connectivity index (χ2n) is 5.42. The zero-order valence-electron chi connectivity index (χ0n) is 13.1. The number of carbonyl (C=O) groups is 2. The fourth-order valence-electron chi connectivity index (χ4n) is 2.52. The lowest BCUT2D eigenvalue weighted by Crippen LogP contribution is -2.36. The Morgan fingerprint density at radius 2 is 1.68 bits per heavy atom. The molecule has 0 saturated carbocycles. The minimum atomic E-state index is -0.811. The molecule has 5 nitrogen and oxygen atoms in total. The van der Waals surface area contributed by atoms with Crippen molar-refractivity contribution in [3.63, 3.8) is 0 Å². The van der Waals surface area contributed by atoms with Crippen molar-refractivity contribution in [2.75, 3.05) is 11.9 Å². The molecule has 0 fully saturated rings. The molecule has 3 rings (SSSR count). The topological polar surface area (TPSA) is 74.0 Å². The van der Waals surface area contributed by atoms with Gasteiger partial charge in [-0.1, -0.05) is 47.5 Å². The van der Waals surface area contributed by atoms with Gasteiger partial charge in [0.1, 0.15) is 0 Å². The summed E-state index contributed by atoms with van der Waals surface area (Å²) in [6, 6.07) is 12.7. The first kappa shape index (κ1) is 17.3. The molecule has 0 aliphatic rings. The van der Waals surface area contributed by atoms with E-state index < -0.39 is 11.8 Å². The lowest BCUT2D eigenvalue weighted by Gasteiger charge is -2.09. The predicted octanol–water partition coefficient (Wildman–Crippen LogP) is 3.77. The normalized spacial score (nSPS) is 10.6. The summed E-state index contributed by atoms with van der Waals surface area (Å²) in [5.74, 6) is -1.55. The number of aromatic nitrogens is 1. The molecule has 1 aromatic heterocycles. The summed E-state index contributed by atoms with van der Waals surface area (Å²) in [6.07, 6.45) is 2.51. The van der Waals surface area contributed by atoms with Crippen LogP contribution < -0.4 is 10.6 Å². The van der Waals surface area contributed by atoms with E-state index in [0.29, 0.717) is 13.0 Å². The molecule has 0 aliphatic carbocycles. The van der Waals surface area contributed by atoms with Crippen LogP contribution in [0.4, 0.5) is 5.69 Å². The number of hydrogen-bond donors (Lipinski definition) is 3. The highest BCUT2D eigenvalue weighted by atomic mass is 35.5. The van der Waals surface area contributed by atoms with Crippen molar-refractivity contribution in [1.82, 2.24) is 10.3 Å². The zero-order valence-corrected chi connectivity index (χ0v) is 14.6. The number of fused-ring (bicyclic) bond motifs is 1. The summed E-state index contributed by atoms with van der Waals surface area (Å²) in [7, 11) is 0. The molecular weight excluding hydrogens is 361 g/mol. The fraction of sp³-hybridized carbons (Fsp3) is 0.111. The van der Waals surface area contributed by atoms with E-state index in [2.05, 4.69) is 15.6 Å². The van der Waals surface area contributed by atoms with Crippen LogP contribution in [0.5, 0.6) is 0 Å². The third kappa shape index (κ3) is 3.95. The molecule has 2 amide bonds. The largest absolute Gasteiger partial charge is 0.361 e. The van der Waals surface area contributed by atoms with Crippen LogP contribution in [0.15, 0.2) is 48.7 Å². The van der Waals surface area contributed by atoms with Crippen molar-refractivity contribution in [1.29, 1.82) is 0 Å². The number of carbonyl (C=O) groups excluding carboxylic acids is 2.